The zero-order chi connectivity index (χ0) is 11.0. The fourth-order valence-corrected chi connectivity index (χ4v) is 1.78. The Morgan fingerprint density at radius 1 is 1.40 bits per heavy atom. The van der Waals surface area contributed by atoms with Crippen LogP contribution in [0.5, 0.6) is 0 Å². The number of carboxylic acids is 1. The molecule has 1 amide bonds. The second-order valence-electron chi connectivity index (χ2n) is 3.66. The van der Waals surface area contributed by atoms with Crippen LogP contribution >= 0.6 is 0 Å². The maximum Gasteiger partial charge on any atom is 0.337 e. The van der Waals surface area contributed by atoms with Crippen LogP contribution < -0.4 is 0 Å². The average molecular weight is 208 g/mol. The van der Waals surface area contributed by atoms with Gasteiger partial charge in [-0.25, -0.2) is 4.79 Å². The summed E-state index contributed by atoms with van der Waals surface area (Å²) in [5.41, 5.74) is 1.17. The normalized spacial score (nSPS) is 14.9. The van der Waals surface area contributed by atoms with Gasteiger partial charge < -0.3 is 14.6 Å². The number of hydrogen-bond donors (Lipinski definition) is 1. The van der Waals surface area contributed by atoms with E-state index in [9.17, 15) is 9.59 Å². The summed E-state index contributed by atoms with van der Waals surface area (Å²) >= 11 is 0. The number of aromatic carboxylic acids is 1. The van der Waals surface area contributed by atoms with Gasteiger partial charge in [0.05, 0.1) is 12.1 Å². The van der Waals surface area contributed by atoms with E-state index in [2.05, 4.69) is 0 Å². The summed E-state index contributed by atoms with van der Waals surface area (Å²) in [5, 5.41) is 8.82. The minimum atomic E-state index is -0.925. The van der Waals surface area contributed by atoms with Crippen molar-refractivity contribution in [3.63, 3.8) is 0 Å². The lowest BCUT2D eigenvalue weighted by molar-refractivity contribution is -0.130. The van der Waals surface area contributed by atoms with Crippen molar-refractivity contribution in [2.75, 3.05) is 6.54 Å². The molecule has 0 atom stereocenters. The Balaban J connectivity index is 2.26. The van der Waals surface area contributed by atoms with Crippen LogP contribution in [-0.2, 0) is 17.9 Å². The largest absolute Gasteiger partial charge is 0.478 e. The van der Waals surface area contributed by atoms with Crippen LogP contribution in [0.3, 0.4) is 0 Å². The van der Waals surface area contributed by atoms with Crippen molar-refractivity contribution in [3.8, 4) is 0 Å². The molecule has 80 valence electrons. The van der Waals surface area contributed by atoms with Crippen LogP contribution in [0.2, 0.25) is 0 Å². The molecule has 15 heavy (non-hydrogen) atoms. The first-order chi connectivity index (χ1) is 7.08. The molecule has 0 aliphatic carbocycles. The highest BCUT2D eigenvalue weighted by Gasteiger charge is 2.20. The predicted molar refractivity (Wildman–Crippen MR) is 52.5 cm³/mol. The van der Waals surface area contributed by atoms with Gasteiger partial charge in [0.25, 0.3) is 0 Å². The maximum absolute atomic E-state index is 11.1. The lowest BCUT2D eigenvalue weighted by Crippen LogP contribution is -2.36. The van der Waals surface area contributed by atoms with Crippen LogP contribution in [0.1, 0.15) is 23.0 Å². The molecule has 1 N–H and O–H groups in total. The van der Waals surface area contributed by atoms with Gasteiger partial charge in [-0.1, -0.05) is 0 Å². The third-order valence-corrected chi connectivity index (χ3v) is 2.64. The lowest BCUT2D eigenvalue weighted by Gasteiger charge is -2.27. The molecule has 0 fully saturated rings. The second-order valence-corrected chi connectivity index (χ2v) is 3.66. The summed E-state index contributed by atoms with van der Waals surface area (Å²) in [5.74, 6) is -0.898. The van der Waals surface area contributed by atoms with E-state index < -0.39 is 5.97 Å². The van der Waals surface area contributed by atoms with Crippen molar-refractivity contribution in [3.05, 3.63) is 23.5 Å². The summed E-state index contributed by atoms with van der Waals surface area (Å²) in [7, 11) is 0. The van der Waals surface area contributed by atoms with Crippen molar-refractivity contribution in [1.82, 2.24) is 9.47 Å². The molecule has 2 heterocycles. The van der Waals surface area contributed by atoms with Gasteiger partial charge in [0.1, 0.15) is 0 Å². The summed E-state index contributed by atoms with van der Waals surface area (Å²) in [6.07, 6.45) is 1.62. The first-order valence-corrected chi connectivity index (χ1v) is 4.76. The van der Waals surface area contributed by atoms with Gasteiger partial charge >= 0.3 is 5.97 Å². The van der Waals surface area contributed by atoms with Crippen LogP contribution in [0.4, 0.5) is 0 Å². The summed E-state index contributed by atoms with van der Waals surface area (Å²) in [4.78, 5) is 23.6. The highest BCUT2D eigenvalue weighted by atomic mass is 16.4. The second kappa shape index (κ2) is 3.42. The van der Waals surface area contributed by atoms with E-state index in [1.54, 1.807) is 17.2 Å². The van der Waals surface area contributed by atoms with Crippen LogP contribution in [0.15, 0.2) is 12.3 Å². The number of carbonyl (C=O) groups is 2. The molecule has 5 nitrogen and oxygen atoms in total. The van der Waals surface area contributed by atoms with Gasteiger partial charge in [-0.05, 0) is 6.07 Å². The summed E-state index contributed by atoms with van der Waals surface area (Å²) < 4.78 is 1.89. The first kappa shape index (κ1) is 9.76. The Labute approximate surface area is 86.9 Å². The zero-order valence-corrected chi connectivity index (χ0v) is 8.43. The molecule has 1 aromatic rings. The SMILES string of the molecule is CC(=O)N1CCn2cc(C(=O)O)cc2C1. The van der Waals surface area contributed by atoms with Crippen molar-refractivity contribution in [2.45, 2.75) is 20.0 Å². The third kappa shape index (κ3) is 1.72. The molecular formula is C10H12N2O3. The molecule has 0 unspecified atom stereocenters. The fourth-order valence-electron chi connectivity index (χ4n) is 1.78. The Hall–Kier alpha value is -1.78. The molecule has 0 aromatic carbocycles. The van der Waals surface area contributed by atoms with Crippen molar-refractivity contribution in [1.29, 1.82) is 0 Å². The molecule has 0 bridgehead atoms. The van der Waals surface area contributed by atoms with Crippen LogP contribution in [-0.4, -0.2) is 33.0 Å². The molecule has 0 saturated heterocycles. The number of carboxylic acid groups (broad SMARTS) is 1. The molecule has 5 heteroatoms. The first-order valence-electron chi connectivity index (χ1n) is 4.76. The third-order valence-electron chi connectivity index (χ3n) is 2.64. The minimum absolute atomic E-state index is 0.0272. The van der Waals surface area contributed by atoms with Gasteiger partial charge in [-0.2, -0.15) is 0 Å². The molecule has 0 saturated carbocycles. The van der Waals surface area contributed by atoms with E-state index in [-0.39, 0.29) is 11.5 Å². The predicted octanol–water partition coefficient (Wildman–Crippen LogP) is 0.548. The molecule has 0 radical (unpaired) electrons. The molecule has 2 rings (SSSR count). The van der Waals surface area contributed by atoms with Gasteiger partial charge in [-0.15, -0.1) is 0 Å². The Kier molecular flexibility index (Phi) is 2.22. The highest BCUT2D eigenvalue weighted by Crippen LogP contribution is 2.16. The molecular weight excluding hydrogens is 196 g/mol. The maximum atomic E-state index is 11.1. The highest BCUT2D eigenvalue weighted by molar-refractivity contribution is 5.87. The number of nitrogens with zero attached hydrogens (tertiary/aromatic N) is 2. The number of hydrogen-bond acceptors (Lipinski definition) is 2. The zero-order valence-electron chi connectivity index (χ0n) is 8.43. The Bertz CT molecular complexity index is 422. The van der Waals surface area contributed by atoms with E-state index in [0.717, 1.165) is 5.69 Å². The summed E-state index contributed by atoms with van der Waals surface area (Å²) in [6.45, 7) is 3.34. The lowest BCUT2D eigenvalue weighted by atomic mass is 10.3. The summed E-state index contributed by atoms with van der Waals surface area (Å²) in [6, 6.07) is 1.62. The monoisotopic (exact) mass is 208 g/mol. The molecule has 1 aliphatic heterocycles. The smallest absolute Gasteiger partial charge is 0.337 e. The van der Waals surface area contributed by atoms with E-state index in [0.29, 0.717) is 19.6 Å². The quantitative estimate of drug-likeness (QED) is 0.733. The van der Waals surface area contributed by atoms with Crippen molar-refractivity contribution >= 4 is 11.9 Å². The molecule has 1 aliphatic rings. The molecule has 1 aromatic heterocycles. The Morgan fingerprint density at radius 3 is 2.73 bits per heavy atom. The standard InChI is InChI=1S/C10H12N2O3/c1-7(13)11-2-3-12-5-8(10(14)15)4-9(12)6-11/h4-5H,2-3,6H2,1H3,(H,14,15). The molecule has 0 spiro atoms. The average Bonchev–Trinajstić information content (AvgIpc) is 2.59. The number of aromatic nitrogens is 1. The minimum Gasteiger partial charge on any atom is -0.478 e. The number of amides is 1. The van der Waals surface area contributed by atoms with Crippen molar-refractivity contribution < 1.29 is 14.7 Å². The number of fused-ring (bicyclic) bond motifs is 1. The van der Waals surface area contributed by atoms with E-state index in [4.69, 9.17) is 5.11 Å². The van der Waals surface area contributed by atoms with Gasteiger partial charge in [0.15, 0.2) is 0 Å². The Morgan fingerprint density at radius 2 is 2.13 bits per heavy atom. The van der Waals surface area contributed by atoms with E-state index >= 15 is 0 Å². The van der Waals surface area contributed by atoms with Gasteiger partial charge in [0, 0.05) is 31.9 Å². The van der Waals surface area contributed by atoms with Crippen LogP contribution in [0, 0.1) is 0 Å². The van der Waals surface area contributed by atoms with Gasteiger partial charge in [-0.3, -0.25) is 4.79 Å². The van der Waals surface area contributed by atoms with Crippen LogP contribution in [0.25, 0.3) is 0 Å². The van der Waals surface area contributed by atoms with Gasteiger partial charge in [0.2, 0.25) is 5.91 Å². The number of rotatable bonds is 1. The topological polar surface area (TPSA) is 62.5 Å². The van der Waals surface area contributed by atoms with Crippen molar-refractivity contribution in [2.24, 2.45) is 0 Å². The fraction of sp³-hybridized carbons (Fsp3) is 0.400. The number of carbonyl (C=O) groups excluding carboxylic acids is 1. The van der Waals surface area contributed by atoms with E-state index in [1.165, 1.54) is 6.92 Å². The van der Waals surface area contributed by atoms with E-state index in [1.807, 2.05) is 4.57 Å².